The third kappa shape index (κ3) is 2.55. The van der Waals surface area contributed by atoms with Crippen molar-refractivity contribution in [2.75, 3.05) is 7.05 Å². The Kier molecular flexibility index (Phi) is 3.49. The highest BCUT2D eigenvalue weighted by Crippen LogP contribution is 2.27. The molecule has 4 heterocycles. The molecule has 8 nitrogen and oxygen atoms in total. The molecule has 1 aliphatic carbocycles. The number of hydrogen-bond acceptors (Lipinski definition) is 6. The zero-order chi connectivity index (χ0) is 17.5. The van der Waals surface area contributed by atoms with Crippen molar-refractivity contribution < 1.29 is 0 Å². The Bertz CT molecular complexity index is 1100. The van der Waals surface area contributed by atoms with Crippen LogP contribution in [0.4, 0.5) is 5.95 Å². The number of hydrogen-bond donors (Lipinski definition) is 1. The van der Waals surface area contributed by atoms with Crippen LogP contribution in [0.5, 0.6) is 0 Å². The largest absolute Gasteiger partial charge is 0.317 e. The summed E-state index contributed by atoms with van der Waals surface area (Å²) in [5.41, 5.74) is 2.94. The average molecular weight is 346 g/mol. The summed E-state index contributed by atoms with van der Waals surface area (Å²) in [6.07, 6.45) is 15.4. The van der Waals surface area contributed by atoms with Crippen LogP contribution in [0.1, 0.15) is 12.8 Å². The predicted molar refractivity (Wildman–Crippen MR) is 98.7 cm³/mol. The fraction of sp³-hybridized carbons (Fsp3) is 0.278. The summed E-state index contributed by atoms with van der Waals surface area (Å²) in [6.45, 7) is 0. The zero-order valence-corrected chi connectivity index (χ0v) is 14.3. The summed E-state index contributed by atoms with van der Waals surface area (Å²) in [4.78, 5) is 17.4. The van der Waals surface area contributed by atoms with Crippen LogP contribution in [0.25, 0.3) is 22.4 Å². The Morgan fingerprint density at radius 2 is 2.12 bits per heavy atom. The van der Waals surface area contributed by atoms with Gasteiger partial charge in [0.1, 0.15) is 0 Å². The van der Waals surface area contributed by atoms with Crippen LogP contribution >= 0.6 is 0 Å². The van der Waals surface area contributed by atoms with Crippen LogP contribution in [0.2, 0.25) is 0 Å². The van der Waals surface area contributed by atoms with Crippen molar-refractivity contribution in [3.05, 3.63) is 43.2 Å². The molecule has 0 saturated heterocycles. The molecule has 4 aromatic rings. The Labute approximate surface area is 149 Å². The smallest absolute Gasteiger partial charge is 0.266 e. The van der Waals surface area contributed by atoms with E-state index in [-0.39, 0.29) is 0 Å². The molecule has 0 spiro atoms. The van der Waals surface area contributed by atoms with E-state index < -0.39 is 0 Å². The second-order valence-electron chi connectivity index (χ2n) is 6.59. The van der Waals surface area contributed by atoms with E-state index in [4.69, 9.17) is 0 Å². The van der Waals surface area contributed by atoms with Gasteiger partial charge in [0.15, 0.2) is 0 Å². The van der Waals surface area contributed by atoms with Gasteiger partial charge in [0.2, 0.25) is 5.78 Å². The van der Waals surface area contributed by atoms with Gasteiger partial charge in [0.25, 0.3) is 5.95 Å². The van der Waals surface area contributed by atoms with E-state index in [1.807, 2.05) is 59.2 Å². The summed E-state index contributed by atoms with van der Waals surface area (Å²) in [7, 11) is 2.00. The van der Waals surface area contributed by atoms with Crippen molar-refractivity contribution in [3.8, 4) is 11.1 Å². The quantitative estimate of drug-likeness (QED) is 0.572. The third-order valence-corrected chi connectivity index (χ3v) is 4.94. The van der Waals surface area contributed by atoms with E-state index in [0.717, 1.165) is 29.5 Å². The number of imidazole rings is 1. The Hall–Kier alpha value is -3.13. The first-order chi connectivity index (χ1) is 12.8. The van der Waals surface area contributed by atoms with Gasteiger partial charge in [-0.05, 0) is 31.9 Å². The van der Waals surface area contributed by atoms with Gasteiger partial charge >= 0.3 is 0 Å². The van der Waals surface area contributed by atoms with Crippen molar-refractivity contribution in [2.45, 2.75) is 18.9 Å². The van der Waals surface area contributed by atoms with Gasteiger partial charge in [-0.3, -0.25) is 4.40 Å². The summed E-state index contributed by atoms with van der Waals surface area (Å²) in [5, 5.41) is 7.77. The van der Waals surface area contributed by atoms with Crippen LogP contribution < -0.4 is 5.32 Å². The normalized spacial score (nSPS) is 20.2. The zero-order valence-electron chi connectivity index (χ0n) is 14.3. The molecule has 1 saturated carbocycles. The lowest BCUT2D eigenvalue weighted by molar-refractivity contribution is 0.305. The van der Waals surface area contributed by atoms with E-state index in [1.54, 1.807) is 6.20 Å². The highest BCUT2D eigenvalue weighted by atomic mass is 15.3. The SMILES string of the molecule is CNC1CC(/C=N/c2ncc3c(-c4cnc5nccn5c4)ccn3n2)C1. The van der Waals surface area contributed by atoms with Crippen molar-refractivity contribution in [2.24, 2.45) is 10.9 Å². The number of aromatic nitrogens is 6. The highest BCUT2D eigenvalue weighted by molar-refractivity contribution is 5.79. The molecular weight excluding hydrogens is 328 g/mol. The molecule has 0 aliphatic heterocycles. The van der Waals surface area contributed by atoms with Gasteiger partial charge in [-0.15, -0.1) is 5.10 Å². The van der Waals surface area contributed by atoms with Crippen molar-refractivity contribution in [1.82, 2.24) is 34.3 Å². The molecular formula is C18H18N8. The van der Waals surface area contributed by atoms with Crippen LogP contribution in [0, 0.1) is 5.92 Å². The van der Waals surface area contributed by atoms with E-state index in [2.05, 4.69) is 30.4 Å². The minimum atomic E-state index is 0.482. The summed E-state index contributed by atoms with van der Waals surface area (Å²) < 4.78 is 3.71. The van der Waals surface area contributed by atoms with Gasteiger partial charge < -0.3 is 5.32 Å². The molecule has 0 bridgehead atoms. The third-order valence-electron chi connectivity index (χ3n) is 4.94. The molecule has 0 atom stereocenters. The Morgan fingerprint density at radius 1 is 1.19 bits per heavy atom. The minimum Gasteiger partial charge on any atom is -0.317 e. The number of nitrogens with one attached hydrogen (secondary N) is 1. The van der Waals surface area contributed by atoms with E-state index in [9.17, 15) is 0 Å². The summed E-state index contributed by atoms with van der Waals surface area (Å²) in [6, 6.07) is 2.63. The Morgan fingerprint density at radius 3 is 3.00 bits per heavy atom. The van der Waals surface area contributed by atoms with Crippen LogP contribution in [0.3, 0.4) is 0 Å². The topological polar surface area (TPSA) is 84.8 Å². The van der Waals surface area contributed by atoms with E-state index >= 15 is 0 Å². The standard InChI is InChI=1S/C18H18N8/c1-19-14-6-12(7-14)8-21-17-22-10-16-15(2-4-26(16)24-17)13-9-23-18-20-3-5-25(18)11-13/h2-5,8-12,14,19H,6-7H2,1H3/b21-8+. The van der Waals surface area contributed by atoms with Crippen molar-refractivity contribution >= 4 is 23.5 Å². The van der Waals surface area contributed by atoms with Gasteiger partial charge in [0.05, 0.1) is 11.7 Å². The van der Waals surface area contributed by atoms with Gasteiger partial charge in [-0.1, -0.05) is 0 Å². The number of rotatable bonds is 4. The Balaban J connectivity index is 1.43. The predicted octanol–water partition coefficient (Wildman–Crippen LogP) is 2.14. The molecule has 4 aromatic heterocycles. The van der Waals surface area contributed by atoms with Gasteiger partial charge in [-0.25, -0.2) is 24.5 Å². The lowest BCUT2D eigenvalue weighted by Gasteiger charge is -2.32. The number of fused-ring (bicyclic) bond motifs is 2. The molecule has 8 heteroatoms. The molecule has 0 radical (unpaired) electrons. The first kappa shape index (κ1) is 15.2. The first-order valence-corrected chi connectivity index (χ1v) is 8.65. The molecule has 0 unspecified atom stereocenters. The molecule has 0 amide bonds. The summed E-state index contributed by atoms with van der Waals surface area (Å²) >= 11 is 0. The van der Waals surface area contributed by atoms with Crippen LogP contribution in [-0.4, -0.2) is 48.3 Å². The molecule has 1 fully saturated rings. The average Bonchev–Trinajstić information content (AvgIpc) is 3.26. The second kappa shape index (κ2) is 5.99. The maximum atomic E-state index is 4.50. The maximum Gasteiger partial charge on any atom is 0.266 e. The monoisotopic (exact) mass is 346 g/mol. The molecule has 1 N–H and O–H groups in total. The lowest BCUT2D eigenvalue weighted by atomic mass is 9.81. The first-order valence-electron chi connectivity index (χ1n) is 8.65. The van der Waals surface area contributed by atoms with Crippen molar-refractivity contribution in [1.29, 1.82) is 0 Å². The van der Waals surface area contributed by atoms with Gasteiger partial charge in [-0.2, -0.15) is 0 Å². The van der Waals surface area contributed by atoms with E-state index in [1.165, 1.54) is 0 Å². The highest BCUT2D eigenvalue weighted by Gasteiger charge is 2.26. The summed E-state index contributed by atoms with van der Waals surface area (Å²) in [5.74, 6) is 1.68. The molecule has 130 valence electrons. The maximum absolute atomic E-state index is 4.50. The van der Waals surface area contributed by atoms with Gasteiger partial charge in [0, 0.05) is 54.4 Å². The molecule has 5 rings (SSSR count). The fourth-order valence-corrected chi connectivity index (χ4v) is 3.34. The molecule has 0 aromatic carbocycles. The number of nitrogens with zero attached hydrogens (tertiary/aromatic N) is 7. The minimum absolute atomic E-state index is 0.482. The van der Waals surface area contributed by atoms with Crippen LogP contribution in [-0.2, 0) is 0 Å². The lowest BCUT2D eigenvalue weighted by Crippen LogP contribution is -2.39. The van der Waals surface area contributed by atoms with Crippen molar-refractivity contribution in [3.63, 3.8) is 0 Å². The van der Waals surface area contributed by atoms with E-state index in [0.29, 0.717) is 23.7 Å². The molecule has 26 heavy (non-hydrogen) atoms. The van der Waals surface area contributed by atoms with Crippen LogP contribution in [0.15, 0.2) is 48.2 Å². The number of aliphatic imine (C=N–C) groups is 1. The fourth-order valence-electron chi connectivity index (χ4n) is 3.34. The second-order valence-corrected chi connectivity index (χ2v) is 6.59. The molecule has 1 aliphatic rings.